The van der Waals surface area contributed by atoms with E-state index in [0.29, 0.717) is 30.3 Å². The van der Waals surface area contributed by atoms with Gasteiger partial charge in [-0.2, -0.15) is 0 Å². The number of amides is 1. The molecule has 5 nitrogen and oxygen atoms in total. The Kier molecular flexibility index (Phi) is 5.85. The molecule has 1 fully saturated rings. The Morgan fingerprint density at radius 3 is 2.95 bits per heavy atom. The van der Waals surface area contributed by atoms with Crippen molar-refractivity contribution in [1.29, 1.82) is 0 Å². The van der Waals surface area contributed by atoms with E-state index in [4.69, 9.17) is 26.8 Å². The third-order valence-corrected chi connectivity index (χ3v) is 3.70. The molecule has 3 atom stereocenters. The predicted octanol–water partition coefficient (Wildman–Crippen LogP) is 1.73. The second-order valence-electron chi connectivity index (χ2n) is 5.16. The van der Waals surface area contributed by atoms with Gasteiger partial charge in [-0.3, -0.25) is 4.79 Å². The second-order valence-corrected chi connectivity index (χ2v) is 5.57. The van der Waals surface area contributed by atoms with Crippen molar-refractivity contribution < 1.29 is 14.3 Å². The summed E-state index contributed by atoms with van der Waals surface area (Å²) in [6.45, 7) is 2.73. The Hall–Kier alpha value is -1.30. The number of benzene rings is 1. The molecule has 1 aromatic rings. The standard InChI is InChI=1S/C15H21ClN2O3/c1-10(20-13-5-3-2-4-12(13)16)9-18-15(19)14-7-6-11(8-17)21-14/h2-5,10-11,14H,6-9,17H2,1H3,(H,18,19)/t10?,11-,14+/m1/s1. The molecule has 21 heavy (non-hydrogen) atoms. The second kappa shape index (κ2) is 7.64. The number of halogens is 1. The Bertz CT molecular complexity index is 484. The lowest BCUT2D eigenvalue weighted by Gasteiger charge is -2.18. The van der Waals surface area contributed by atoms with Gasteiger partial charge in [0.25, 0.3) is 0 Å². The summed E-state index contributed by atoms with van der Waals surface area (Å²) in [6, 6.07) is 7.26. The Balaban J connectivity index is 1.75. The third-order valence-electron chi connectivity index (χ3n) is 3.39. The minimum atomic E-state index is -0.397. The first kappa shape index (κ1) is 16.1. The highest BCUT2D eigenvalue weighted by molar-refractivity contribution is 6.32. The summed E-state index contributed by atoms with van der Waals surface area (Å²) in [7, 11) is 0. The molecule has 0 aromatic heterocycles. The maximum atomic E-state index is 12.0. The van der Waals surface area contributed by atoms with Gasteiger partial charge in [0.2, 0.25) is 5.91 Å². The molecule has 1 heterocycles. The molecule has 1 aliphatic rings. The lowest BCUT2D eigenvalue weighted by molar-refractivity contribution is -0.132. The van der Waals surface area contributed by atoms with Gasteiger partial charge in [0, 0.05) is 6.54 Å². The first-order valence-electron chi connectivity index (χ1n) is 7.14. The normalized spacial score (nSPS) is 22.8. The van der Waals surface area contributed by atoms with Crippen LogP contribution in [0.15, 0.2) is 24.3 Å². The van der Waals surface area contributed by atoms with Crippen LogP contribution in [0.25, 0.3) is 0 Å². The summed E-state index contributed by atoms with van der Waals surface area (Å²) in [5.41, 5.74) is 5.53. The highest BCUT2D eigenvalue weighted by Gasteiger charge is 2.29. The fourth-order valence-electron chi connectivity index (χ4n) is 2.23. The Morgan fingerprint density at radius 1 is 1.52 bits per heavy atom. The van der Waals surface area contributed by atoms with Crippen LogP contribution in [0.1, 0.15) is 19.8 Å². The van der Waals surface area contributed by atoms with Crippen LogP contribution in [0.5, 0.6) is 5.75 Å². The van der Waals surface area contributed by atoms with Crippen LogP contribution in [-0.2, 0) is 9.53 Å². The lowest BCUT2D eigenvalue weighted by Crippen LogP contribution is -2.40. The van der Waals surface area contributed by atoms with E-state index in [2.05, 4.69) is 5.32 Å². The highest BCUT2D eigenvalue weighted by Crippen LogP contribution is 2.24. The SMILES string of the molecule is CC(CNC(=O)[C@@H]1CC[C@H](CN)O1)Oc1ccccc1Cl. The molecule has 1 aromatic carbocycles. The quantitative estimate of drug-likeness (QED) is 0.839. The molecular weight excluding hydrogens is 292 g/mol. The van der Waals surface area contributed by atoms with E-state index in [1.807, 2.05) is 19.1 Å². The molecule has 0 spiro atoms. The molecule has 0 radical (unpaired) electrons. The lowest BCUT2D eigenvalue weighted by atomic mass is 10.2. The van der Waals surface area contributed by atoms with Crippen molar-refractivity contribution in [1.82, 2.24) is 5.32 Å². The molecule has 0 bridgehead atoms. The monoisotopic (exact) mass is 312 g/mol. The van der Waals surface area contributed by atoms with Crippen LogP contribution < -0.4 is 15.8 Å². The van der Waals surface area contributed by atoms with Gasteiger partial charge in [-0.15, -0.1) is 0 Å². The van der Waals surface area contributed by atoms with E-state index < -0.39 is 6.10 Å². The molecule has 0 aliphatic carbocycles. The molecule has 1 amide bonds. The van der Waals surface area contributed by atoms with Crippen LogP contribution in [0.2, 0.25) is 5.02 Å². The van der Waals surface area contributed by atoms with E-state index in [-0.39, 0.29) is 18.1 Å². The number of hydrogen-bond acceptors (Lipinski definition) is 4. The zero-order chi connectivity index (χ0) is 15.2. The average Bonchev–Trinajstić information content (AvgIpc) is 2.96. The number of carbonyl (C=O) groups is 1. The fourth-order valence-corrected chi connectivity index (χ4v) is 2.41. The Morgan fingerprint density at radius 2 is 2.29 bits per heavy atom. The largest absolute Gasteiger partial charge is 0.487 e. The summed E-state index contributed by atoms with van der Waals surface area (Å²) in [5, 5.41) is 3.39. The first-order valence-corrected chi connectivity index (χ1v) is 7.52. The molecule has 1 aliphatic heterocycles. The van der Waals surface area contributed by atoms with Gasteiger partial charge < -0.3 is 20.5 Å². The van der Waals surface area contributed by atoms with Crippen molar-refractivity contribution in [2.45, 2.75) is 38.1 Å². The van der Waals surface area contributed by atoms with E-state index in [0.717, 1.165) is 6.42 Å². The van der Waals surface area contributed by atoms with Crippen LogP contribution in [0.4, 0.5) is 0 Å². The van der Waals surface area contributed by atoms with Crippen molar-refractivity contribution in [3.63, 3.8) is 0 Å². The maximum absolute atomic E-state index is 12.0. The van der Waals surface area contributed by atoms with Gasteiger partial charge in [-0.25, -0.2) is 0 Å². The van der Waals surface area contributed by atoms with Gasteiger partial charge in [0.05, 0.1) is 17.7 Å². The van der Waals surface area contributed by atoms with E-state index in [1.54, 1.807) is 12.1 Å². The minimum Gasteiger partial charge on any atom is -0.487 e. The molecule has 2 rings (SSSR count). The highest BCUT2D eigenvalue weighted by atomic mass is 35.5. The van der Waals surface area contributed by atoms with Crippen molar-refractivity contribution in [2.24, 2.45) is 5.73 Å². The van der Waals surface area contributed by atoms with E-state index in [9.17, 15) is 4.79 Å². The zero-order valence-electron chi connectivity index (χ0n) is 12.0. The number of carbonyl (C=O) groups excluding carboxylic acids is 1. The number of ether oxygens (including phenoxy) is 2. The molecule has 1 unspecified atom stereocenters. The summed E-state index contributed by atoms with van der Waals surface area (Å²) in [4.78, 5) is 12.0. The number of hydrogen-bond donors (Lipinski definition) is 2. The van der Waals surface area contributed by atoms with Crippen LogP contribution in [0, 0.1) is 0 Å². The molecule has 3 N–H and O–H groups in total. The molecule has 1 saturated heterocycles. The number of para-hydroxylation sites is 1. The molecule has 116 valence electrons. The number of rotatable bonds is 6. The summed E-state index contributed by atoms with van der Waals surface area (Å²) in [5.74, 6) is 0.502. The average molecular weight is 313 g/mol. The minimum absolute atomic E-state index is 0.00227. The molecule has 0 saturated carbocycles. The maximum Gasteiger partial charge on any atom is 0.249 e. The smallest absolute Gasteiger partial charge is 0.249 e. The first-order chi connectivity index (χ1) is 10.1. The predicted molar refractivity (Wildman–Crippen MR) is 81.5 cm³/mol. The van der Waals surface area contributed by atoms with E-state index >= 15 is 0 Å². The fraction of sp³-hybridized carbons (Fsp3) is 0.533. The van der Waals surface area contributed by atoms with Gasteiger partial charge in [0.1, 0.15) is 18.0 Å². The zero-order valence-corrected chi connectivity index (χ0v) is 12.8. The van der Waals surface area contributed by atoms with Gasteiger partial charge in [0.15, 0.2) is 0 Å². The topological polar surface area (TPSA) is 73.6 Å². The van der Waals surface area contributed by atoms with Gasteiger partial charge in [-0.1, -0.05) is 23.7 Å². The molecular formula is C15H21ClN2O3. The van der Waals surface area contributed by atoms with Gasteiger partial charge in [-0.05, 0) is 31.9 Å². The van der Waals surface area contributed by atoms with Crippen LogP contribution in [-0.4, -0.2) is 37.3 Å². The number of nitrogens with one attached hydrogen (secondary N) is 1. The van der Waals surface area contributed by atoms with Crippen LogP contribution in [0.3, 0.4) is 0 Å². The van der Waals surface area contributed by atoms with Crippen molar-refractivity contribution in [3.05, 3.63) is 29.3 Å². The molecule has 6 heteroatoms. The summed E-state index contributed by atoms with van der Waals surface area (Å²) < 4.78 is 11.2. The summed E-state index contributed by atoms with van der Waals surface area (Å²) >= 11 is 6.02. The van der Waals surface area contributed by atoms with Crippen molar-refractivity contribution >= 4 is 17.5 Å². The van der Waals surface area contributed by atoms with E-state index in [1.165, 1.54) is 0 Å². The third kappa shape index (κ3) is 4.59. The number of nitrogens with two attached hydrogens (primary N) is 1. The Labute approximate surface area is 129 Å². The van der Waals surface area contributed by atoms with Crippen LogP contribution >= 0.6 is 11.6 Å². The van der Waals surface area contributed by atoms with Gasteiger partial charge >= 0.3 is 0 Å². The van der Waals surface area contributed by atoms with Crippen molar-refractivity contribution in [2.75, 3.05) is 13.1 Å². The van der Waals surface area contributed by atoms with Crippen molar-refractivity contribution in [3.8, 4) is 5.75 Å². The summed E-state index contributed by atoms with van der Waals surface area (Å²) in [6.07, 6.45) is 0.970.